The van der Waals surface area contributed by atoms with Crippen molar-refractivity contribution in [1.82, 2.24) is 0 Å². The molecule has 2 atom stereocenters. The fraction of sp³-hybridized carbons (Fsp3) is 0.0417. The average molecular weight is 626 g/mol. The van der Waals surface area contributed by atoms with E-state index in [0.29, 0.717) is 5.92 Å². The van der Waals surface area contributed by atoms with Gasteiger partial charge in [0.05, 0.1) is 0 Å². The van der Waals surface area contributed by atoms with Crippen molar-refractivity contribution >= 4 is 11.4 Å². The molecular weight excluding hydrogens is 591 g/mol. The summed E-state index contributed by atoms with van der Waals surface area (Å²) in [5, 5.41) is 0. The van der Waals surface area contributed by atoms with Crippen LogP contribution in [0.25, 0.3) is 44.5 Å². The van der Waals surface area contributed by atoms with Gasteiger partial charge in [-0.1, -0.05) is 164 Å². The van der Waals surface area contributed by atoms with E-state index in [1.807, 2.05) is 0 Å². The van der Waals surface area contributed by atoms with Crippen LogP contribution in [0.2, 0.25) is 0 Å². The normalized spacial score (nSPS) is 15.8. The summed E-state index contributed by atoms with van der Waals surface area (Å²) in [5.41, 5.74) is 16.2. The van der Waals surface area contributed by atoms with E-state index < -0.39 is 0 Å². The van der Waals surface area contributed by atoms with E-state index >= 15 is 0 Å². The SMILES string of the molecule is C1=CC2c3ccccc3-c3ccccc3C2C=C1N(c1ccccc1)c1ccc(-c2cc(-c3ccccc3)ccc2-c2ccccc2)cc1. The largest absolute Gasteiger partial charge is 0.311 e. The Bertz CT molecular complexity index is 2320. The summed E-state index contributed by atoms with van der Waals surface area (Å²) >= 11 is 0. The summed E-state index contributed by atoms with van der Waals surface area (Å²) in [5.74, 6) is 0.564. The molecule has 9 rings (SSSR count). The van der Waals surface area contributed by atoms with Gasteiger partial charge in [-0.2, -0.15) is 0 Å². The van der Waals surface area contributed by atoms with Crippen LogP contribution in [0, 0.1) is 0 Å². The standard InChI is InChI=1S/C48H35N/c1-4-14-34(15-5-1)37-26-30-41(35-16-6-2-7-17-35)47(32-37)36-24-27-39(28-25-36)49(38-18-8-3-9-19-38)40-29-31-46-44-22-11-10-20-42(44)43-21-12-13-23-45(43)48(46)33-40/h1-33,46,48H. The summed E-state index contributed by atoms with van der Waals surface area (Å²) in [6, 6.07) is 65.9. The molecule has 0 aromatic heterocycles. The Kier molecular flexibility index (Phi) is 7.37. The first-order chi connectivity index (χ1) is 24.3. The number of para-hydroxylation sites is 1. The molecule has 0 saturated heterocycles. The average Bonchev–Trinajstić information content (AvgIpc) is 3.19. The second-order valence-corrected chi connectivity index (χ2v) is 12.9. The molecule has 1 heteroatoms. The quantitative estimate of drug-likeness (QED) is 0.178. The van der Waals surface area contributed by atoms with Gasteiger partial charge in [0.25, 0.3) is 0 Å². The zero-order valence-electron chi connectivity index (χ0n) is 27.2. The summed E-state index contributed by atoms with van der Waals surface area (Å²) in [6.45, 7) is 0. The van der Waals surface area contributed by atoms with Crippen molar-refractivity contribution < 1.29 is 0 Å². The number of anilines is 2. The molecule has 0 amide bonds. The van der Waals surface area contributed by atoms with E-state index in [9.17, 15) is 0 Å². The van der Waals surface area contributed by atoms with E-state index in [2.05, 4.69) is 205 Å². The Morgan fingerprint density at radius 1 is 0.347 bits per heavy atom. The first-order valence-corrected chi connectivity index (χ1v) is 17.1. The highest BCUT2D eigenvalue weighted by Crippen LogP contribution is 2.51. The predicted octanol–water partition coefficient (Wildman–Crippen LogP) is 12.8. The van der Waals surface area contributed by atoms with Crippen molar-refractivity contribution in [1.29, 1.82) is 0 Å². The van der Waals surface area contributed by atoms with E-state index in [4.69, 9.17) is 0 Å². The van der Waals surface area contributed by atoms with Crippen molar-refractivity contribution in [2.24, 2.45) is 0 Å². The van der Waals surface area contributed by atoms with Gasteiger partial charge < -0.3 is 4.90 Å². The minimum Gasteiger partial charge on any atom is -0.311 e. The number of hydrogen-bond acceptors (Lipinski definition) is 1. The summed E-state index contributed by atoms with van der Waals surface area (Å²) < 4.78 is 0. The lowest BCUT2D eigenvalue weighted by molar-refractivity contribution is 0.711. The molecule has 7 aromatic rings. The maximum Gasteiger partial charge on any atom is 0.0461 e. The van der Waals surface area contributed by atoms with Crippen molar-refractivity contribution in [2.75, 3.05) is 4.90 Å². The third-order valence-corrected chi connectivity index (χ3v) is 10.1. The van der Waals surface area contributed by atoms with Gasteiger partial charge >= 0.3 is 0 Å². The van der Waals surface area contributed by atoms with Crippen LogP contribution in [-0.2, 0) is 0 Å². The molecule has 232 valence electrons. The lowest BCUT2D eigenvalue weighted by Gasteiger charge is -2.37. The van der Waals surface area contributed by atoms with Crippen molar-refractivity contribution in [2.45, 2.75) is 11.8 Å². The number of benzene rings is 7. The number of nitrogens with zero attached hydrogens (tertiary/aromatic N) is 1. The molecule has 1 nitrogen and oxygen atoms in total. The smallest absolute Gasteiger partial charge is 0.0461 e. The van der Waals surface area contributed by atoms with Crippen molar-refractivity contribution in [3.8, 4) is 44.5 Å². The molecule has 2 unspecified atom stereocenters. The monoisotopic (exact) mass is 625 g/mol. The molecule has 0 radical (unpaired) electrons. The molecular formula is C48H35N. The Morgan fingerprint density at radius 2 is 0.857 bits per heavy atom. The molecule has 2 aliphatic rings. The molecule has 0 bridgehead atoms. The molecule has 0 saturated carbocycles. The van der Waals surface area contributed by atoms with Crippen LogP contribution in [-0.4, -0.2) is 0 Å². The Hall–Kier alpha value is -6.18. The fourth-order valence-corrected chi connectivity index (χ4v) is 7.74. The molecule has 0 aliphatic heterocycles. The number of hydrogen-bond donors (Lipinski definition) is 0. The summed E-state index contributed by atoms with van der Waals surface area (Å²) in [7, 11) is 0. The maximum atomic E-state index is 2.48. The van der Waals surface area contributed by atoms with E-state index in [0.717, 1.165) is 11.4 Å². The Labute approximate surface area is 288 Å². The summed E-state index contributed by atoms with van der Waals surface area (Å²) in [4.78, 5) is 2.40. The Balaban J connectivity index is 1.14. The van der Waals surface area contributed by atoms with Gasteiger partial charge in [0.1, 0.15) is 0 Å². The van der Waals surface area contributed by atoms with Gasteiger partial charge in [0, 0.05) is 28.9 Å². The number of rotatable bonds is 6. The minimum absolute atomic E-state index is 0.255. The molecule has 0 spiro atoms. The first-order valence-electron chi connectivity index (χ1n) is 17.1. The van der Waals surface area contributed by atoms with Crippen LogP contribution in [0.3, 0.4) is 0 Å². The minimum atomic E-state index is 0.255. The van der Waals surface area contributed by atoms with Crippen molar-refractivity contribution in [3.05, 3.63) is 217 Å². The summed E-state index contributed by atoms with van der Waals surface area (Å²) in [6.07, 6.45) is 7.22. The third-order valence-electron chi connectivity index (χ3n) is 10.1. The fourth-order valence-electron chi connectivity index (χ4n) is 7.74. The van der Waals surface area contributed by atoms with Gasteiger partial charge in [-0.15, -0.1) is 0 Å². The molecule has 0 fully saturated rings. The van der Waals surface area contributed by atoms with Crippen LogP contribution in [0.1, 0.15) is 23.0 Å². The highest BCUT2D eigenvalue weighted by Gasteiger charge is 2.33. The van der Waals surface area contributed by atoms with Gasteiger partial charge in [0.15, 0.2) is 0 Å². The molecule has 2 aliphatic carbocycles. The lowest BCUT2D eigenvalue weighted by Crippen LogP contribution is -2.22. The van der Waals surface area contributed by atoms with E-state index in [1.165, 1.54) is 61.3 Å². The van der Waals surface area contributed by atoms with Crippen LogP contribution in [0.15, 0.2) is 206 Å². The van der Waals surface area contributed by atoms with Crippen LogP contribution >= 0.6 is 0 Å². The first kappa shape index (κ1) is 29.0. The highest BCUT2D eigenvalue weighted by molar-refractivity contribution is 5.88. The molecule has 0 N–H and O–H groups in total. The second-order valence-electron chi connectivity index (χ2n) is 12.9. The zero-order valence-corrected chi connectivity index (χ0v) is 27.2. The van der Waals surface area contributed by atoms with E-state index in [1.54, 1.807) is 0 Å². The molecule has 0 heterocycles. The topological polar surface area (TPSA) is 3.24 Å². The maximum absolute atomic E-state index is 2.48. The predicted molar refractivity (Wildman–Crippen MR) is 206 cm³/mol. The van der Waals surface area contributed by atoms with Crippen LogP contribution < -0.4 is 4.90 Å². The number of allylic oxidation sites excluding steroid dienone is 3. The van der Waals surface area contributed by atoms with Gasteiger partial charge in [-0.05, 0) is 92.0 Å². The van der Waals surface area contributed by atoms with Crippen LogP contribution in [0.4, 0.5) is 11.4 Å². The number of fused-ring (bicyclic) bond motifs is 6. The van der Waals surface area contributed by atoms with E-state index in [-0.39, 0.29) is 5.92 Å². The lowest BCUT2D eigenvalue weighted by atomic mass is 9.69. The molecule has 49 heavy (non-hydrogen) atoms. The van der Waals surface area contributed by atoms with Gasteiger partial charge in [0.2, 0.25) is 0 Å². The zero-order chi connectivity index (χ0) is 32.6. The Morgan fingerprint density at radius 3 is 1.53 bits per heavy atom. The van der Waals surface area contributed by atoms with Gasteiger partial charge in [-0.3, -0.25) is 0 Å². The van der Waals surface area contributed by atoms with Crippen molar-refractivity contribution in [3.63, 3.8) is 0 Å². The molecule has 7 aromatic carbocycles. The van der Waals surface area contributed by atoms with Crippen LogP contribution in [0.5, 0.6) is 0 Å². The highest BCUT2D eigenvalue weighted by atomic mass is 15.1. The van der Waals surface area contributed by atoms with Gasteiger partial charge in [-0.25, -0.2) is 0 Å². The third kappa shape index (κ3) is 5.30. The second kappa shape index (κ2) is 12.4.